The van der Waals surface area contributed by atoms with Crippen molar-refractivity contribution in [3.63, 3.8) is 0 Å². The van der Waals surface area contributed by atoms with E-state index in [2.05, 4.69) is 15.0 Å². The summed E-state index contributed by atoms with van der Waals surface area (Å²) in [6, 6.07) is 6.20. The van der Waals surface area contributed by atoms with Crippen molar-refractivity contribution in [3.8, 4) is 5.75 Å². The monoisotopic (exact) mass is 324 g/mol. The number of hydrogen-bond donors (Lipinski definition) is 1. The molecule has 1 heterocycles. The molecule has 0 bridgehead atoms. The number of carbonyl (C=O) groups excluding carboxylic acids is 1. The maximum atomic E-state index is 12.1. The van der Waals surface area contributed by atoms with Gasteiger partial charge in [0.25, 0.3) is 0 Å². The number of benzene rings is 1. The lowest BCUT2D eigenvalue weighted by Gasteiger charge is -2.07. The Morgan fingerprint density at radius 3 is 3.00 bits per heavy atom. The summed E-state index contributed by atoms with van der Waals surface area (Å²) < 4.78 is 28.5. The molecular formula is C15H14F2N2O2S. The summed E-state index contributed by atoms with van der Waals surface area (Å²) in [7, 11) is 0. The van der Waals surface area contributed by atoms with Gasteiger partial charge >= 0.3 is 6.61 Å². The van der Waals surface area contributed by atoms with Crippen molar-refractivity contribution in [1.29, 1.82) is 0 Å². The fourth-order valence-electron chi connectivity index (χ4n) is 1.70. The molecule has 0 aliphatic heterocycles. The summed E-state index contributed by atoms with van der Waals surface area (Å²) in [6.45, 7) is -0.759. The average Bonchev–Trinajstić information content (AvgIpc) is 2.88. The third-order valence-corrected chi connectivity index (χ3v) is 3.42. The lowest BCUT2D eigenvalue weighted by Crippen LogP contribution is -2.20. The van der Waals surface area contributed by atoms with Crippen LogP contribution in [0.25, 0.3) is 6.08 Å². The summed E-state index contributed by atoms with van der Waals surface area (Å²) in [5, 5.41) is 5.44. The van der Waals surface area contributed by atoms with Crippen molar-refractivity contribution < 1.29 is 18.3 Å². The van der Waals surface area contributed by atoms with Crippen LogP contribution in [-0.4, -0.2) is 17.5 Å². The zero-order chi connectivity index (χ0) is 15.9. The topological polar surface area (TPSA) is 51.2 Å². The Kier molecular flexibility index (Phi) is 5.60. The lowest BCUT2D eigenvalue weighted by atomic mass is 10.2. The highest BCUT2D eigenvalue weighted by Crippen LogP contribution is 2.15. The van der Waals surface area contributed by atoms with E-state index in [1.54, 1.807) is 18.2 Å². The number of aryl methyl sites for hydroxylation is 1. The van der Waals surface area contributed by atoms with Crippen LogP contribution in [-0.2, 0) is 11.3 Å². The molecule has 0 aliphatic rings. The molecule has 1 amide bonds. The van der Waals surface area contributed by atoms with Crippen molar-refractivity contribution in [2.45, 2.75) is 20.1 Å². The number of halogens is 2. The molecule has 1 N–H and O–H groups in total. The minimum Gasteiger partial charge on any atom is -0.435 e. The number of aromatic nitrogens is 1. The zero-order valence-electron chi connectivity index (χ0n) is 11.8. The van der Waals surface area contributed by atoms with Crippen LogP contribution in [0, 0.1) is 6.92 Å². The van der Waals surface area contributed by atoms with Crippen LogP contribution < -0.4 is 10.1 Å². The number of rotatable bonds is 6. The molecule has 0 aliphatic carbocycles. The van der Waals surface area contributed by atoms with E-state index in [9.17, 15) is 13.6 Å². The van der Waals surface area contributed by atoms with Gasteiger partial charge in [-0.05, 0) is 30.7 Å². The van der Waals surface area contributed by atoms with Crippen molar-refractivity contribution in [2.75, 3.05) is 0 Å². The second-order valence-corrected chi connectivity index (χ2v) is 5.43. The van der Waals surface area contributed by atoms with E-state index in [1.165, 1.54) is 29.5 Å². The van der Waals surface area contributed by atoms with Crippen LogP contribution in [0.15, 0.2) is 35.7 Å². The molecule has 1 aromatic carbocycles. The number of thiazole rings is 1. The van der Waals surface area contributed by atoms with Gasteiger partial charge in [-0.15, -0.1) is 11.3 Å². The molecule has 0 unspecified atom stereocenters. The Bertz CT molecular complexity index is 671. The van der Waals surface area contributed by atoms with E-state index in [1.807, 2.05) is 12.3 Å². The third kappa shape index (κ3) is 5.25. The highest BCUT2D eigenvalue weighted by molar-refractivity contribution is 7.09. The largest absolute Gasteiger partial charge is 0.435 e. The molecule has 0 radical (unpaired) electrons. The smallest absolute Gasteiger partial charge is 0.387 e. The number of alkyl halides is 2. The predicted molar refractivity (Wildman–Crippen MR) is 80.8 cm³/mol. The van der Waals surface area contributed by atoms with E-state index in [0.29, 0.717) is 5.56 Å². The number of nitrogens with one attached hydrogen (secondary N) is 1. The van der Waals surface area contributed by atoms with Crippen LogP contribution in [0.4, 0.5) is 8.78 Å². The lowest BCUT2D eigenvalue weighted by molar-refractivity contribution is -0.116. The van der Waals surface area contributed by atoms with E-state index in [4.69, 9.17) is 0 Å². The van der Waals surface area contributed by atoms with Gasteiger partial charge in [-0.3, -0.25) is 4.79 Å². The zero-order valence-corrected chi connectivity index (χ0v) is 12.6. The van der Waals surface area contributed by atoms with Gasteiger partial charge in [-0.1, -0.05) is 12.1 Å². The second kappa shape index (κ2) is 7.65. The van der Waals surface area contributed by atoms with Crippen molar-refractivity contribution >= 4 is 23.3 Å². The number of carbonyl (C=O) groups is 1. The Morgan fingerprint density at radius 2 is 2.32 bits per heavy atom. The normalized spacial score (nSPS) is 11.1. The van der Waals surface area contributed by atoms with Crippen LogP contribution in [0.3, 0.4) is 0 Å². The van der Waals surface area contributed by atoms with Crippen LogP contribution in [0.1, 0.15) is 16.3 Å². The third-order valence-electron chi connectivity index (χ3n) is 2.63. The van der Waals surface area contributed by atoms with E-state index in [-0.39, 0.29) is 18.2 Å². The number of hydrogen-bond acceptors (Lipinski definition) is 4. The standard InChI is InChI=1S/C15H14F2N2O2S/c1-10-19-12(9-22-10)5-6-14(20)18-8-11-3-2-4-13(7-11)21-15(16)17/h2-7,9,15H,8H2,1H3,(H,18,20)/b6-5+. The first-order valence-electron chi connectivity index (χ1n) is 6.45. The van der Waals surface area contributed by atoms with Gasteiger partial charge < -0.3 is 10.1 Å². The fourth-order valence-corrected chi connectivity index (χ4v) is 2.28. The molecule has 7 heteroatoms. The first kappa shape index (κ1) is 16.1. The van der Waals surface area contributed by atoms with Gasteiger partial charge in [0, 0.05) is 18.0 Å². The van der Waals surface area contributed by atoms with E-state index < -0.39 is 6.61 Å². The van der Waals surface area contributed by atoms with Gasteiger partial charge in [0.05, 0.1) is 10.7 Å². The Morgan fingerprint density at radius 1 is 1.50 bits per heavy atom. The van der Waals surface area contributed by atoms with E-state index in [0.717, 1.165) is 10.7 Å². The molecule has 0 spiro atoms. The average molecular weight is 324 g/mol. The molecule has 116 valence electrons. The highest BCUT2D eigenvalue weighted by atomic mass is 32.1. The molecule has 2 rings (SSSR count). The minimum absolute atomic E-state index is 0.0650. The summed E-state index contributed by atoms with van der Waals surface area (Å²) in [4.78, 5) is 15.9. The molecular weight excluding hydrogens is 310 g/mol. The summed E-state index contributed by atoms with van der Waals surface area (Å²) >= 11 is 1.50. The van der Waals surface area contributed by atoms with Crippen molar-refractivity contribution in [3.05, 3.63) is 52.0 Å². The van der Waals surface area contributed by atoms with E-state index >= 15 is 0 Å². The summed E-state index contributed by atoms with van der Waals surface area (Å²) in [6.07, 6.45) is 3.00. The SMILES string of the molecule is Cc1nc(/C=C/C(=O)NCc2cccc(OC(F)F)c2)cs1. The molecule has 22 heavy (non-hydrogen) atoms. The molecule has 2 aromatic rings. The van der Waals surface area contributed by atoms with Crippen LogP contribution >= 0.6 is 11.3 Å². The quantitative estimate of drug-likeness (QED) is 0.829. The molecule has 4 nitrogen and oxygen atoms in total. The van der Waals surface area contributed by atoms with Gasteiger partial charge in [0.15, 0.2) is 0 Å². The van der Waals surface area contributed by atoms with Crippen LogP contribution in [0.5, 0.6) is 5.75 Å². The van der Waals surface area contributed by atoms with Gasteiger partial charge in [-0.2, -0.15) is 8.78 Å². The molecule has 0 saturated heterocycles. The van der Waals surface area contributed by atoms with Crippen molar-refractivity contribution in [2.24, 2.45) is 0 Å². The number of ether oxygens (including phenoxy) is 1. The Hall–Kier alpha value is -2.28. The highest BCUT2D eigenvalue weighted by Gasteiger charge is 2.05. The maximum Gasteiger partial charge on any atom is 0.387 e. The van der Waals surface area contributed by atoms with Crippen LogP contribution in [0.2, 0.25) is 0 Å². The second-order valence-electron chi connectivity index (χ2n) is 4.37. The summed E-state index contributed by atoms with van der Waals surface area (Å²) in [5.74, 6) is -0.221. The fraction of sp³-hybridized carbons (Fsp3) is 0.200. The molecule has 0 saturated carbocycles. The number of nitrogens with zero attached hydrogens (tertiary/aromatic N) is 1. The first-order chi connectivity index (χ1) is 10.5. The summed E-state index contributed by atoms with van der Waals surface area (Å²) in [5.41, 5.74) is 1.40. The Labute approximate surface area is 130 Å². The first-order valence-corrected chi connectivity index (χ1v) is 7.32. The Balaban J connectivity index is 1.87. The minimum atomic E-state index is -2.87. The van der Waals surface area contributed by atoms with Gasteiger partial charge in [-0.25, -0.2) is 4.98 Å². The molecule has 0 atom stereocenters. The molecule has 1 aromatic heterocycles. The van der Waals surface area contributed by atoms with Crippen molar-refractivity contribution in [1.82, 2.24) is 10.3 Å². The molecule has 0 fully saturated rings. The predicted octanol–water partition coefficient (Wildman–Crippen LogP) is 3.38. The van der Waals surface area contributed by atoms with Gasteiger partial charge in [0.2, 0.25) is 5.91 Å². The maximum absolute atomic E-state index is 12.1. The van der Waals surface area contributed by atoms with Gasteiger partial charge in [0.1, 0.15) is 5.75 Å². The number of amides is 1.